The van der Waals surface area contributed by atoms with Crippen LogP contribution in [0, 0.1) is 13.8 Å². The van der Waals surface area contributed by atoms with Crippen LogP contribution in [0.2, 0.25) is 0 Å². The first kappa shape index (κ1) is 8.61. The molecule has 0 unspecified atom stereocenters. The van der Waals surface area contributed by atoms with E-state index < -0.39 is 0 Å². The molecule has 0 fully saturated rings. The van der Waals surface area contributed by atoms with Gasteiger partial charge in [0.2, 0.25) is 0 Å². The maximum atomic E-state index is 2.37. The van der Waals surface area contributed by atoms with Gasteiger partial charge in [-0.1, -0.05) is 6.07 Å². The SMILES string of the molecule is Cc1cc(C)c2c(c1)N(C)CCC2. The third kappa shape index (κ3) is 1.43. The van der Waals surface area contributed by atoms with Gasteiger partial charge in [-0.15, -0.1) is 0 Å². The molecule has 0 N–H and O–H groups in total. The number of hydrogen-bond acceptors (Lipinski definition) is 1. The summed E-state index contributed by atoms with van der Waals surface area (Å²) in [6, 6.07) is 4.60. The fourth-order valence-electron chi connectivity index (χ4n) is 2.25. The Bertz CT molecular complexity index is 328. The summed E-state index contributed by atoms with van der Waals surface area (Å²) >= 11 is 0. The van der Waals surface area contributed by atoms with E-state index in [2.05, 4.69) is 37.9 Å². The highest BCUT2D eigenvalue weighted by molar-refractivity contribution is 5.59. The summed E-state index contributed by atoms with van der Waals surface area (Å²) in [7, 11) is 2.19. The Balaban J connectivity index is 2.56. The highest BCUT2D eigenvalue weighted by Gasteiger charge is 2.15. The van der Waals surface area contributed by atoms with E-state index in [4.69, 9.17) is 0 Å². The molecule has 0 amide bonds. The van der Waals surface area contributed by atoms with E-state index >= 15 is 0 Å². The Kier molecular flexibility index (Phi) is 2.03. The van der Waals surface area contributed by atoms with Crippen LogP contribution in [-0.4, -0.2) is 13.6 Å². The van der Waals surface area contributed by atoms with Gasteiger partial charge in [-0.25, -0.2) is 0 Å². The number of anilines is 1. The van der Waals surface area contributed by atoms with Crippen molar-refractivity contribution in [3.8, 4) is 0 Å². The predicted molar refractivity (Wildman–Crippen MR) is 57.5 cm³/mol. The zero-order valence-corrected chi connectivity index (χ0v) is 8.72. The molecule has 0 saturated heterocycles. The minimum absolute atomic E-state index is 1.20. The van der Waals surface area contributed by atoms with Crippen molar-refractivity contribution in [1.29, 1.82) is 0 Å². The van der Waals surface area contributed by atoms with E-state index in [1.54, 1.807) is 5.56 Å². The lowest BCUT2D eigenvalue weighted by molar-refractivity contribution is 0.740. The van der Waals surface area contributed by atoms with Gasteiger partial charge in [-0.2, -0.15) is 0 Å². The zero-order valence-electron chi connectivity index (χ0n) is 8.72. The summed E-state index contributed by atoms with van der Waals surface area (Å²) in [5.74, 6) is 0. The highest BCUT2D eigenvalue weighted by Crippen LogP contribution is 2.29. The van der Waals surface area contributed by atoms with Crippen molar-refractivity contribution in [3.63, 3.8) is 0 Å². The fraction of sp³-hybridized carbons (Fsp3) is 0.500. The van der Waals surface area contributed by atoms with E-state index in [9.17, 15) is 0 Å². The second-order valence-electron chi connectivity index (χ2n) is 4.10. The summed E-state index contributed by atoms with van der Waals surface area (Å²) in [5, 5.41) is 0. The molecule has 13 heavy (non-hydrogen) atoms. The molecule has 1 nitrogen and oxygen atoms in total. The molecular formula is C12H17N. The molecule has 1 aromatic carbocycles. The molecule has 70 valence electrons. The van der Waals surface area contributed by atoms with E-state index in [1.807, 2.05) is 0 Å². The average Bonchev–Trinajstić information content (AvgIpc) is 2.07. The lowest BCUT2D eigenvalue weighted by Crippen LogP contribution is -2.25. The van der Waals surface area contributed by atoms with Crippen molar-refractivity contribution in [2.24, 2.45) is 0 Å². The molecular weight excluding hydrogens is 158 g/mol. The molecule has 1 heterocycles. The molecule has 1 aromatic rings. The maximum absolute atomic E-state index is 2.37. The van der Waals surface area contributed by atoms with Gasteiger partial charge in [0, 0.05) is 19.3 Å². The van der Waals surface area contributed by atoms with Crippen LogP contribution in [0.1, 0.15) is 23.1 Å². The molecule has 1 heteroatoms. The Hall–Kier alpha value is -0.980. The van der Waals surface area contributed by atoms with E-state index in [0.29, 0.717) is 0 Å². The first-order chi connectivity index (χ1) is 6.18. The van der Waals surface area contributed by atoms with Crippen molar-refractivity contribution < 1.29 is 0 Å². The van der Waals surface area contributed by atoms with Gasteiger partial charge < -0.3 is 4.90 Å². The van der Waals surface area contributed by atoms with Crippen LogP contribution >= 0.6 is 0 Å². The van der Waals surface area contributed by atoms with Crippen molar-refractivity contribution in [3.05, 3.63) is 28.8 Å². The monoisotopic (exact) mass is 175 g/mol. The Morgan fingerprint density at radius 3 is 2.77 bits per heavy atom. The summed E-state index contributed by atoms with van der Waals surface area (Å²) < 4.78 is 0. The second-order valence-corrected chi connectivity index (χ2v) is 4.10. The topological polar surface area (TPSA) is 3.24 Å². The van der Waals surface area contributed by atoms with Crippen LogP contribution in [0.25, 0.3) is 0 Å². The van der Waals surface area contributed by atoms with E-state index in [0.717, 1.165) is 0 Å². The molecule has 0 aromatic heterocycles. The molecule has 1 aliphatic rings. The van der Waals surface area contributed by atoms with Gasteiger partial charge in [0.05, 0.1) is 0 Å². The number of rotatable bonds is 0. The Labute approximate surface area is 80.4 Å². The molecule has 0 radical (unpaired) electrons. The molecule has 0 saturated carbocycles. The van der Waals surface area contributed by atoms with Crippen LogP contribution in [0.15, 0.2) is 12.1 Å². The minimum atomic E-state index is 1.20. The number of benzene rings is 1. The fourth-order valence-corrected chi connectivity index (χ4v) is 2.25. The van der Waals surface area contributed by atoms with Crippen LogP contribution in [-0.2, 0) is 6.42 Å². The lowest BCUT2D eigenvalue weighted by Gasteiger charge is -2.29. The predicted octanol–water partition coefficient (Wildman–Crippen LogP) is 2.69. The number of hydrogen-bond donors (Lipinski definition) is 0. The molecule has 0 aliphatic carbocycles. The van der Waals surface area contributed by atoms with Crippen molar-refractivity contribution in [1.82, 2.24) is 0 Å². The second kappa shape index (κ2) is 3.06. The molecule has 2 rings (SSSR count). The Morgan fingerprint density at radius 1 is 1.23 bits per heavy atom. The molecule has 0 spiro atoms. The van der Waals surface area contributed by atoms with Gasteiger partial charge in [0.15, 0.2) is 0 Å². The van der Waals surface area contributed by atoms with Crippen LogP contribution < -0.4 is 4.90 Å². The number of fused-ring (bicyclic) bond motifs is 1. The average molecular weight is 175 g/mol. The third-order valence-electron chi connectivity index (χ3n) is 2.93. The minimum Gasteiger partial charge on any atom is -0.374 e. The summed E-state index contributed by atoms with van der Waals surface area (Å²) in [6.45, 7) is 5.61. The highest BCUT2D eigenvalue weighted by atomic mass is 15.1. The smallest absolute Gasteiger partial charge is 0.0401 e. The Morgan fingerprint density at radius 2 is 2.00 bits per heavy atom. The lowest BCUT2D eigenvalue weighted by atomic mass is 9.95. The van der Waals surface area contributed by atoms with Crippen molar-refractivity contribution in [2.45, 2.75) is 26.7 Å². The van der Waals surface area contributed by atoms with Gasteiger partial charge in [0.25, 0.3) is 0 Å². The quantitative estimate of drug-likeness (QED) is 0.586. The summed E-state index contributed by atoms with van der Waals surface area (Å²) in [6.07, 6.45) is 2.55. The van der Waals surface area contributed by atoms with E-state index in [-0.39, 0.29) is 0 Å². The number of aryl methyl sites for hydroxylation is 2. The van der Waals surface area contributed by atoms with Crippen LogP contribution in [0.5, 0.6) is 0 Å². The standard InChI is InChI=1S/C12H17N/c1-9-7-10(2)11-5-4-6-13(3)12(11)8-9/h7-8H,4-6H2,1-3H3. The third-order valence-corrected chi connectivity index (χ3v) is 2.93. The van der Waals surface area contributed by atoms with Gasteiger partial charge in [-0.3, -0.25) is 0 Å². The van der Waals surface area contributed by atoms with E-state index in [1.165, 1.54) is 36.2 Å². The molecule has 1 aliphatic heterocycles. The van der Waals surface area contributed by atoms with Crippen molar-refractivity contribution in [2.75, 3.05) is 18.5 Å². The maximum Gasteiger partial charge on any atom is 0.0401 e. The first-order valence-electron chi connectivity index (χ1n) is 5.00. The summed E-state index contributed by atoms with van der Waals surface area (Å²) in [5.41, 5.74) is 5.84. The molecule has 0 atom stereocenters. The van der Waals surface area contributed by atoms with Gasteiger partial charge in [-0.05, 0) is 49.4 Å². The summed E-state index contributed by atoms with van der Waals surface area (Å²) in [4.78, 5) is 2.37. The number of nitrogens with zero attached hydrogens (tertiary/aromatic N) is 1. The van der Waals surface area contributed by atoms with Crippen LogP contribution in [0.3, 0.4) is 0 Å². The van der Waals surface area contributed by atoms with Gasteiger partial charge in [0.1, 0.15) is 0 Å². The first-order valence-corrected chi connectivity index (χ1v) is 5.00. The van der Waals surface area contributed by atoms with Crippen LogP contribution in [0.4, 0.5) is 5.69 Å². The molecule has 0 bridgehead atoms. The van der Waals surface area contributed by atoms with Crippen molar-refractivity contribution >= 4 is 5.69 Å². The van der Waals surface area contributed by atoms with Gasteiger partial charge >= 0.3 is 0 Å². The zero-order chi connectivity index (χ0) is 9.42. The largest absolute Gasteiger partial charge is 0.374 e. The normalized spacial score (nSPS) is 15.8.